The Morgan fingerprint density at radius 3 is 2.81 bits per heavy atom. The number of hydrogen-bond donors (Lipinski definition) is 1. The van der Waals surface area contributed by atoms with Crippen molar-refractivity contribution in [2.24, 2.45) is 0 Å². The molecule has 0 aromatic heterocycles. The Morgan fingerprint density at radius 1 is 1.08 bits per heavy atom. The van der Waals surface area contributed by atoms with Crippen molar-refractivity contribution in [2.75, 3.05) is 19.8 Å². The largest absolute Gasteiger partial charge is 0.493 e. The van der Waals surface area contributed by atoms with Crippen LogP contribution in [0, 0.1) is 0 Å². The van der Waals surface area contributed by atoms with Gasteiger partial charge in [-0.1, -0.05) is 29.8 Å². The third kappa shape index (κ3) is 3.48. The third-order valence-corrected chi connectivity index (χ3v) is 4.60. The minimum absolute atomic E-state index is 0.0547. The van der Waals surface area contributed by atoms with Gasteiger partial charge in [0, 0.05) is 18.1 Å². The quantitative estimate of drug-likeness (QED) is 0.834. The van der Waals surface area contributed by atoms with Gasteiger partial charge in [0.2, 0.25) is 5.91 Å². The van der Waals surface area contributed by atoms with Gasteiger partial charge in [0.1, 0.15) is 19.0 Å². The fourth-order valence-corrected chi connectivity index (χ4v) is 3.38. The zero-order valence-corrected chi connectivity index (χ0v) is 14.8. The van der Waals surface area contributed by atoms with Gasteiger partial charge in [0.25, 0.3) is 0 Å². The van der Waals surface area contributed by atoms with Crippen LogP contribution in [0.2, 0.25) is 5.02 Å². The zero-order valence-electron chi connectivity index (χ0n) is 14.0. The fourth-order valence-electron chi connectivity index (χ4n) is 3.11. The lowest BCUT2D eigenvalue weighted by atomic mass is 10.0. The lowest BCUT2D eigenvalue weighted by Crippen LogP contribution is -2.30. The van der Waals surface area contributed by atoms with Gasteiger partial charge in [-0.15, -0.1) is 0 Å². The smallest absolute Gasteiger partial charge is 0.244 e. The van der Waals surface area contributed by atoms with E-state index < -0.39 is 0 Å². The Labute approximate surface area is 156 Å². The summed E-state index contributed by atoms with van der Waals surface area (Å²) in [6.45, 7) is 1.56. The van der Waals surface area contributed by atoms with Crippen molar-refractivity contribution in [1.82, 2.24) is 5.32 Å². The number of hydrogen-bond acceptors (Lipinski definition) is 4. The number of para-hydroxylation sites is 1. The number of benzene rings is 2. The minimum Gasteiger partial charge on any atom is -0.493 e. The molecule has 0 saturated carbocycles. The molecule has 1 atom stereocenters. The maximum Gasteiger partial charge on any atom is 0.244 e. The monoisotopic (exact) mass is 371 g/mol. The lowest BCUT2D eigenvalue weighted by molar-refractivity contribution is -0.117. The van der Waals surface area contributed by atoms with Crippen LogP contribution < -0.4 is 19.5 Å². The number of carbonyl (C=O) groups excluding carboxylic acids is 1. The normalized spacial score (nSPS) is 18.1. The highest BCUT2D eigenvalue weighted by Gasteiger charge is 2.22. The van der Waals surface area contributed by atoms with Crippen LogP contribution in [0.1, 0.15) is 23.6 Å². The summed E-state index contributed by atoms with van der Waals surface area (Å²) in [6.07, 6.45) is 3.96. The molecule has 0 fully saturated rings. The molecule has 0 spiro atoms. The number of nitrogens with one attached hydrogen (secondary N) is 1. The molecule has 4 rings (SSSR count). The van der Waals surface area contributed by atoms with Crippen molar-refractivity contribution in [1.29, 1.82) is 0 Å². The van der Waals surface area contributed by atoms with Crippen LogP contribution in [0.15, 0.2) is 42.5 Å². The first-order chi connectivity index (χ1) is 12.7. The van der Waals surface area contributed by atoms with Crippen LogP contribution in [0.3, 0.4) is 0 Å². The summed E-state index contributed by atoms with van der Waals surface area (Å²) in [5.41, 5.74) is 1.78. The summed E-state index contributed by atoms with van der Waals surface area (Å²) in [4.78, 5) is 12.3. The minimum atomic E-state index is -0.169. The summed E-state index contributed by atoms with van der Waals surface area (Å²) >= 11 is 6.22. The molecule has 1 unspecified atom stereocenters. The second kappa shape index (κ2) is 7.30. The molecule has 6 heteroatoms. The van der Waals surface area contributed by atoms with Crippen LogP contribution in [0.25, 0.3) is 6.08 Å². The van der Waals surface area contributed by atoms with E-state index >= 15 is 0 Å². The topological polar surface area (TPSA) is 56.8 Å². The lowest BCUT2D eigenvalue weighted by Gasteiger charge is -2.26. The van der Waals surface area contributed by atoms with E-state index in [9.17, 15) is 4.79 Å². The molecule has 2 aromatic carbocycles. The third-order valence-electron chi connectivity index (χ3n) is 4.32. The van der Waals surface area contributed by atoms with E-state index in [0.717, 1.165) is 23.3 Å². The molecule has 2 aliphatic heterocycles. The van der Waals surface area contributed by atoms with E-state index in [4.69, 9.17) is 25.8 Å². The molecule has 0 saturated heterocycles. The molecule has 0 radical (unpaired) electrons. The van der Waals surface area contributed by atoms with Gasteiger partial charge >= 0.3 is 0 Å². The summed E-state index contributed by atoms with van der Waals surface area (Å²) in [7, 11) is 0. The van der Waals surface area contributed by atoms with Crippen LogP contribution in [0.4, 0.5) is 0 Å². The van der Waals surface area contributed by atoms with Crippen LogP contribution in [-0.2, 0) is 4.79 Å². The predicted octanol–water partition coefficient (Wildman–Crippen LogP) is 3.76. The Morgan fingerprint density at radius 2 is 1.88 bits per heavy atom. The number of carbonyl (C=O) groups is 1. The van der Waals surface area contributed by atoms with Gasteiger partial charge in [-0.25, -0.2) is 0 Å². The molecule has 1 N–H and O–H groups in total. The summed E-state index contributed by atoms with van der Waals surface area (Å²) in [6, 6.07) is 11.3. The van der Waals surface area contributed by atoms with Gasteiger partial charge in [0.15, 0.2) is 11.5 Å². The van der Waals surface area contributed by atoms with Crippen molar-refractivity contribution < 1.29 is 19.0 Å². The SMILES string of the molecule is O=C(/C=C/c1cc(Cl)c2c(c1)OCCO2)NC1CCOc2ccccc21. The molecule has 2 aromatic rings. The van der Waals surface area contributed by atoms with Crippen molar-refractivity contribution in [3.8, 4) is 17.2 Å². The Bertz CT molecular complexity index is 865. The Kier molecular flexibility index (Phi) is 4.71. The molecule has 2 heterocycles. The first-order valence-electron chi connectivity index (χ1n) is 8.50. The second-order valence-electron chi connectivity index (χ2n) is 6.10. The van der Waals surface area contributed by atoms with Gasteiger partial charge in [-0.05, 0) is 29.8 Å². The van der Waals surface area contributed by atoms with Crippen LogP contribution >= 0.6 is 11.6 Å². The number of fused-ring (bicyclic) bond motifs is 2. The van der Waals surface area contributed by atoms with Gasteiger partial charge < -0.3 is 19.5 Å². The molecule has 134 valence electrons. The van der Waals surface area contributed by atoms with Gasteiger partial charge in [-0.3, -0.25) is 4.79 Å². The first-order valence-corrected chi connectivity index (χ1v) is 8.88. The predicted molar refractivity (Wildman–Crippen MR) is 98.9 cm³/mol. The average Bonchev–Trinajstić information content (AvgIpc) is 2.67. The first kappa shape index (κ1) is 16.8. The molecule has 5 nitrogen and oxygen atoms in total. The highest BCUT2D eigenvalue weighted by atomic mass is 35.5. The average molecular weight is 372 g/mol. The van der Waals surface area contributed by atoms with Crippen molar-refractivity contribution in [3.05, 3.63) is 58.6 Å². The number of halogens is 1. The molecular weight excluding hydrogens is 354 g/mol. The summed E-state index contributed by atoms with van der Waals surface area (Å²) < 4.78 is 16.7. The van der Waals surface area contributed by atoms with Gasteiger partial charge in [0.05, 0.1) is 17.7 Å². The molecule has 26 heavy (non-hydrogen) atoms. The van der Waals surface area contributed by atoms with E-state index in [-0.39, 0.29) is 11.9 Å². The molecule has 0 aliphatic carbocycles. The van der Waals surface area contributed by atoms with E-state index in [1.807, 2.05) is 30.3 Å². The van der Waals surface area contributed by atoms with E-state index in [1.165, 1.54) is 6.08 Å². The number of rotatable bonds is 3. The highest BCUT2D eigenvalue weighted by Crippen LogP contribution is 2.38. The van der Waals surface area contributed by atoms with Crippen LogP contribution in [-0.4, -0.2) is 25.7 Å². The van der Waals surface area contributed by atoms with E-state index in [0.29, 0.717) is 36.3 Å². The Balaban J connectivity index is 1.47. The van der Waals surface area contributed by atoms with E-state index in [1.54, 1.807) is 12.1 Å². The maximum atomic E-state index is 12.3. The summed E-state index contributed by atoms with van der Waals surface area (Å²) in [5.74, 6) is 1.81. The molecule has 2 aliphatic rings. The highest BCUT2D eigenvalue weighted by molar-refractivity contribution is 6.32. The van der Waals surface area contributed by atoms with Crippen molar-refractivity contribution in [3.63, 3.8) is 0 Å². The number of ether oxygens (including phenoxy) is 3. The van der Waals surface area contributed by atoms with Crippen molar-refractivity contribution in [2.45, 2.75) is 12.5 Å². The van der Waals surface area contributed by atoms with Gasteiger partial charge in [-0.2, -0.15) is 0 Å². The van der Waals surface area contributed by atoms with Crippen LogP contribution in [0.5, 0.6) is 17.2 Å². The standard InChI is InChI=1S/C20H18ClNO4/c21-15-11-13(12-18-20(15)26-10-9-25-18)5-6-19(23)22-16-7-8-24-17-4-2-1-3-14(16)17/h1-6,11-12,16H,7-10H2,(H,22,23)/b6-5+. The summed E-state index contributed by atoms with van der Waals surface area (Å²) in [5, 5.41) is 3.50. The molecular formula is C20H18ClNO4. The molecule has 0 bridgehead atoms. The zero-order chi connectivity index (χ0) is 17.9. The van der Waals surface area contributed by atoms with Crippen molar-refractivity contribution >= 4 is 23.6 Å². The second-order valence-corrected chi connectivity index (χ2v) is 6.50. The number of amides is 1. The van der Waals surface area contributed by atoms with E-state index in [2.05, 4.69) is 5.32 Å². The Hall–Kier alpha value is -2.66. The fraction of sp³-hybridized carbons (Fsp3) is 0.250. The molecule has 1 amide bonds. The maximum absolute atomic E-state index is 12.3.